The third kappa shape index (κ3) is 7.66. The smallest absolute Gasteiger partial charge is 0.264 e. The molecule has 196 valence electrons. The van der Waals surface area contributed by atoms with Gasteiger partial charge in [-0.2, -0.15) is 0 Å². The number of rotatable bonds is 12. The maximum absolute atomic E-state index is 13.7. The van der Waals surface area contributed by atoms with Gasteiger partial charge in [0.2, 0.25) is 11.8 Å². The van der Waals surface area contributed by atoms with Gasteiger partial charge in [0.25, 0.3) is 10.0 Å². The van der Waals surface area contributed by atoms with E-state index in [1.807, 2.05) is 37.3 Å². The zero-order valence-electron chi connectivity index (χ0n) is 21.0. The molecule has 0 radical (unpaired) electrons. The molecular weight excluding hydrogens is 554 g/mol. The van der Waals surface area contributed by atoms with E-state index >= 15 is 0 Å². The van der Waals surface area contributed by atoms with Crippen LogP contribution in [0.2, 0.25) is 0 Å². The Labute approximate surface area is 227 Å². The van der Waals surface area contributed by atoms with Crippen LogP contribution < -0.4 is 9.62 Å². The van der Waals surface area contributed by atoms with E-state index in [0.717, 1.165) is 20.8 Å². The number of nitrogens with one attached hydrogen (secondary N) is 1. The molecule has 0 aliphatic rings. The van der Waals surface area contributed by atoms with Gasteiger partial charge in [0.1, 0.15) is 12.6 Å². The normalized spacial score (nSPS) is 12.0. The summed E-state index contributed by atoms with van der Waals surface area (Å²) in [5.74, 6) is -0.734. The Hall–Kier alpha value is -3.17. The van der Waals surface area contributed by atoms with Crippen molar-refractivity contribution in [1.82, 2.24) is 10.2 Å². The van der Waals surface area contributed by atoms with E-state index in [-0.39, 0.29) is 17.3 Å². The molecule has 0 aliphatic carbocycles. The number of nitrogens with zero attached hydrogens (tertiary/aromatic N) is 2. The Bertz CT molecular complexity index is 1270. The largest absolute Gasteiger partial charge is 0.354 e. The predicted octanol–water partition coefficient (Wildman–Crippen LogP) is 4.63. The zero-order chi connectivity index (χ0) is 26.8. The third-order valence-electron chi connectivity index (χ3n) is 5.93. The summed E-state index contributed by atoms with van der Waals surface area (Å²) in [4.78, 5) is 28.1. The van der Waals surface area contributed by atoms with Crippen molar-refractivity contribution in [2.75, 3.05) is 23.9 Å². The number of anilines is 1. The maximum Gasteiger partial charge on any atom is 0.264 e. The van der Waals surface area contributed by atoms with Crippen LogP contribution in [0.5, 0.6) is 0 Å². The van der Waals surface area contributed by atoms with Gasteiger partial charge in [-0.25, -0.2) is 8.42 Å². The van der Waals surface area contributed by atoms with Crippen molar-refractivity contribution >= 4 is 43.5 Å². The SMILES string of the molecule is CCCNC(=O)[C@@H](C)N(CCc1ccccc1)C(=O)CN(c1ccc(Br)cc1)S(=O)(=O)c1ccccc1. The van der Waals surface area contributed by atoms with Gasteiger partial charge in [-0.3, -0.25) is 13.9 Å². The molecule has 0 aromatic heterocycles. The molecule has 0 saturated heterocycles. The number of hydrogen-bond acceptors (Lipinski definition) is 4. The summed E-state index contributed by atoms with van der Waals surface area (Å²) in [7, 11) is -4.05. The van der Waals surface area contributed by atoms with Crippen LogP contribution >= 0.6 is 15.9 Å². The number of sulfonamides is 1. The fourth-order valence-electron chi connectivity index (χ4n) is 3.82. The summed E-state index contributed by atoms with van der Waals surface area (Å²) in [5, 5.41) is 2.84. The van der Waals surface area contributed by atoms with Crippen LogP contribution in [0.1, 0.15) is 25.8 Å². The van der Waals surface area contributed by atoms with E-state index in [0.29, 0.717) is 18.7 Å². The van der Waals surface area contributed by atoms with E-state index in [2.05, 4.69) is 21.2 Å². The molecule has 37 heavy (non-hydrogen) atoms. The molecular formula is C28H32BrN3O4S. The highest BCUT2D eigenvalue weighted by molar-refractivity contribution is 9.10. The highest BCUT2D eigenvalue weighted by atomic mass is 79.9. The van der Waals surface area contributed by atoms with Crippen LogP contribution in [0.4, 0.5) is 5.69 Å². The second-order valence-corrected chi connectivity index (χ2v) is 11.4. The average molecular weight is 587 g/mol. The van der Waals surface area contributed by atoms with Crippen molar-refractivity contribution in [1.29, 1.82) is 0 Å². The summed E-state index contributed by atoms with van der Waals surface area (Å²) in [6.07, 6.45) is 1.30. The first-order valence-corrected chi connectivity index (χ1v) is 14.4. The molecule has 3 aromatic rings. The minimum atomic E-state index is -4.05. The molecule has 1 atom stereocenters. The lowest BCUT2D eigenvalue weighted by atomic mass is 10.1. The van der Waals surface area contributed by atoms with Crippen molar-refractivity contribution in [3.63, 3.8) is 0 Å². The van der Waals surface area contributed by atoms with E-state index in [9.17, 15) is 18.0 Å². The molecule has 0 spiro atoms. The first kappa shape index (κ1) is 28.4. The van der Waals surface area contributed by atoms with Gasteiger partial charge in [0.15, 0.2) is 0 Å². The third-order valence-corrected chi connectivity index (χ3v) is 8.24. The molecule has 0 fully saturated rings. The fourth-order valence-corrected chi connectivity index (χ4v) is 5.52. The molecule has 7 nitrogen and oxygen atoms in total. The van der Waals surface area contributed by atoms with Crippen LogP contribution in [0, 0.1) is 0 Å². The van der Waals surface area contributed by atoms with Crippen molar-refractivity contribution < 1.29 is 18.0 Å². The number of benzene rings is 3. The second-order valence-electron chi connectivity index (χ2n) is 8.59. The Morgan fingerprint density at radius 2 is 1.51 bits per heavy atom. The molecule has 3 rings (SSSR count). The summed E-state index contributed by atoms with van der Waals surface area (Å²) in [6.45, 7) is 3.94. The quantitative estimate of drug-likeness (QED) is 0.336. The topological polar surface area (TPSA) is 86.8 Å². The first-order valence-electron chi connectivity index (χ1n) is 12.2. The van der Waals surface area contributed by atoms with E-state index < -0.39 is 28.5 Å². The lowest BCUT2D eigenvalue weighted by Crippen LogP contribution is -2.52. The van der Waals surface area contributed by atoms with Crippen molar-refractivity contribution in [2.45, 2.75) is 37.6 Å². The molecule has 0 unspecified atom stereocenters. The molecule has 0 aliphatic heterocycles. The summed E-state index contributed by atoms with van der Waals surface area (Å²) in [6, 6.07) is 23.6. The Morgan fingerprint density at radius 3 is 2.11 bits per heavy atom. The minimum Gasteiger partial charge on any atom is -0.354 e. The number of amides is 2. The van der Waals surface area contributed by atoms with Gasteiger partial charge in [0, 0.05) is 17.6 Å². The molecule has 1 N–H and O–H groups in total. The molecule has 9 heteroatoms. The van der Waals surface area contributed by atoms with Gasteiger partial charge in [0.05, 0.1) is 10.6 Å². The molecule has 0 bridgehead atoms. The summed E-state index contributed by atoms with van der Waals surface area (Å²) < 4.78 is 29.2. The lowest BCUT2D eigenvalue weighted by Gasteiger charge is -2.32. The summed E-state index contributed by atoms with van der Waals surface area (Å²) in [5.41, 5.74) is 1.37. The lowest BCUT2D eigenvalue weighted by molar-refractivity contribution is -0.138. The maximum atomic E-state index is 13.7. The van der Waals surface area contributed by atoms with Gasteiger partial charge in [-0.1, -0.05) is 71.4 Å². The summed E-state index contributed by atoms with van der Waals surface area (Å²) >= 11 is 3.37. The standard InChI is InChI=1S/C28H32BrN3O4S/c1-3-19-30-28(34)22(2)31(20-18-23-10-6-4-7-11-23)27(33)21-32(25-16-14-24(29)15-17-25)37(35,36)26-12-8-5-9-13-26/h4-17,22H,3,18-21H2,1-2H3,(H,30,34)/t22-/m1/s1. The Kier molecular flexibility index (Phi) is 10.3. The molecule has 0 saturated carbocycles. The Morgan fingerprint density at radius 1 is 0.919 bits per heavy atom. The number of carbonyl (C=O) groups is 2. The molecule has 2 amide bonds. The minimum absolute atomic E-state index is 0.0790. The van der Waals surface area contributed by atoms with Crippen LogP contribution in [-0.2, 0) is 26.0 Å². The van der Waals surface area contributed by atoms with Gasteiger partial charge < -0.3 is 10.2 Å². The monoisotopic (exact) mass is 585 g/mol. The van der Waals surface area contributed by atoms with Crippen LogP contribution in [-0.4, -0.2) is 50.8 Å². The van der Waals surface area contributed by atoms with E-state index in [4.69, 9.17) is 0 Å². The first-order chi connectivity index (χ1) is 17.7. The van der Waals surface area contributed by atoms with Crippen LogP contribution in [0.25, 0.3) is 0 Å². The highest BCUT2D eigenvalue weighted by Gasteiger charge is 2.32. The highest BCUT2D eigenvalue weighted by Crippen LogP contribution is 2.25. The average Bonchev–Trinajstić information content (AvgIpc) is 2.92. The van der Waals surface area contributed by atoms with Crippen molar-refractivity contribution in [3.05, 3.63) is 95.0 Å². The van der Waals surface area contributed by atoms with Crippen molar-refractivity contribution in [3.8, 4) is 0 Å². The van der Waals surface area contributed by atoms with E-state index in [1.54, 1.807) is 49.4 Å². The molecule has 3 aromatic carbocycles. The van der Waals surface area contributed by atoms with E-state index in [1.165, 1.54) is 17.0 Å². The number of hydrogen-bond donors (Lipinski definition) is 1. The van der Waals surface area contributed by atoms with Crippen LogP contribution in [0.3, 0.4) is 0 Å². The molecule has 0 heterocycles. The van der Waals surface area contributed by atoms with Gasteiger partial charge in [-0.05, 0) is 61.7 Å². The fraction of sp³-hybridized carbons (Fsp3) is 0.286. The number of halogens is 1. The van der Waals surface area contributed by atoms with Crippen LogP contribution in [0.15, 0.2) is 94.3 Å². The number of carbonyl (C=O) groups excluding carboxylic acids is 2. The second kappa shape index (κ2) is 13.4. The zero-order valence-corrected chi connectivity index (χ0v) is 23.4. The van der Waals surface area contributed by atoms with Gasteiger partial charge in [-0.15, -0.1) is 0 Å². The predicted molar refractivity (Wildman–Crippen MR) is 150 cm³/mol. The Balaban J connectivity index is 1.94. The van der Waals surface area contributed by atoms with Crippen molar-refractivity contribution in [2.24, 2.45) is 0 Å². The van der Waals surface area contributed by atoms with Gasteiger partial charge >= 0.3 is 0 Å².